The highest BCUT2D eigenvalue weighted by Crippen LogP contribution is 2.10. The normalized spacial score (nSPS) is 11.2. The van der Waals surface area contributed by atoms with Crippen molar-refractivity contribution in [3.05, 3.63) is 65.2 Å². The summed E-state index contributed by atoms with van der Waals surface area (Å²) in [5, 5.41) is 3.07. The van der Waals surface area contributed by atoms with E-state index >= 15 is 0 Å². The minimum absolute atomic E-state index is 0.0561. The van der Waals surface area contributed by atoms with Crippen LogP contribution in [0.15, 0.2) is 53.5 Å². The van der Waals surface area contributed by atoms with Gasteiger partial charge in [-0.2, -0.15) is 0 Å². The maximum absolute atomic E-state index is 12.3. The first-order chi connectivity index (χ1) is 12.0. The molecule has 0 aliphatic carbocycles. The van der Waals surface area contributed by atoms with Gasteiger partial charge in [0.2, 0.25) is 0 Å². The van der Waals surface area contributed by atoms with Gasteiger partial charge in [-0.05, 0) is 50.6 Å². The molecule has 0 spiro atoms. The predicted molar refractivity (Wildman–Crippen MR) is 104 cm³/mol. The molecule has 0 aliphatic rings. The van der Waals surface area contributed by atoms with Crippen molar-refractivity contribution in [3.8, 4) is 0 Å². The second-order valence-corrected chi connectivity index (χ2v) is 5.87. The highest BCUT2D eigenvalue weighted by Gasteiger charge is 2.11. The number of aliphatic imine (C=N–C) groups is 1. The maximum Gasteiger partial charge on any atom is 0.253 e. The third kappa shape index (κ3) is 5.35. The van der Waals surface area contributed by atoms with E-state index < -0.39 is 0 Å². The van der Waals surface area contributed by atoms with E-state index in [4.69, 9.17) is 5.73 Å². The van der Waals surface area contributed by atoms with Gasteiger partial charge in [0, 0.05) is 24.3 Å². The zero-order chi connectivity index (χ0) is 18.2. The fourth-order valence-electron chi connectivity index (χ4n) is 2.45. The molecule has 0 saturated carbocycles. The zero-order valence-electron chi connectivity index (χ0n) is 15.1. The number of aryl methyl sites for hydroxylation is 1. The first-order valence-corrected chi connectivity index (χ1v) is 8.55. The van der Waals surface area contributed by atoms with Gasteiger partial charge in [-0.1, -0.05) is 29.8 Å². The minimum atomic E-state index is 0.0561. The van der Waals surface area contributed by atoms with E-state index in [-0.39, 0.29) is 5.91 Å². The lowest BCUT2D eigenvalue weighted by molar-refractivity contribution is 0.0773. The molecule has 3 N–H and O–H groups in total. The second kappa shape index (κ2) is 8.87. The number of nitrogens with one attached hydrogen (secondary N) is 1. The van der Waals surface area contributed by atoms with Gasteiger partial charge in [-0.25, -0.2) is 4.99 Å². The molecular formula is C20H26N4O. The Balaban J connectivity index is 1.96. The van der Waals surface area contributed by atoms with E-state index in [0.717, 1.165) is 11.3 Å². The highest BCUT2D eigenvalue weighted by atomic mass is 16.2. The fraction of sp³-hybridized carbons (Fsp3) is 0.300. The van der Waals surface area contributed by atoms with Gasteiger partial charge in [0.1, 0.15) is 0 Å². The Morgan fingerprint density at radius 2 is 1.64 bits per heavy atom. The smallest absolute Gasteiger partial charge is 0.253 e. The lowest BCUT2D eigenvalue weighted by Gasteiger charge is -2.18. The van der Waals surface area contributed by atoms with Crippen molar-refractivity contribution in [1.29, 1.82) is 0 Å². The molecule has 0 fully saturated rings. The summed E-state index contributed by atoms with van der Waals surface area (Å²) >= 11 is 0. The summed E-state index contributed by atoms with van der Waals surface area (Å²) in [6, 6.07) is 15.5. The predicted octanol–water partition coefficient (Wildman–Crippen LogP) is 3.40. The molecule has 0 saturated heterocycles. The highest BCUT2D eigenvalue weighted by molar-refractivity contribution is 5.94. The standard InChI is InChI=1S/C20H26N4O/c1-4-24(5-2)19(25)17-10-8-16(9-11-17)14-22-20(21)23-18-12-6-15(3)7-13-18/h6-13H,4-5,14H2,1-3H3,(H3,21,22,23). The van der Waals surface area contributed by atoms with Gasteiger partial charge in [0.25, 0.3) is 5.91 Å². The maximum atomic E-state index is 12.3. The molecule has 2 rings (SSSR count). The lowest BCUT2D eigenvalue weighted by atomic mass is 10.1. The number of nitrogens with two attached hydrogens (primary N) is 1. The first kappa shape index (κ1) is 18.5. The zero-order valence-corrected chi connectivity index (χ0v) is 15.1. The molecule has 0 atom stereocenters. The Bertz CT molecular complexity index is 716. The van der Waals surface area contributed by atoms with Crippen molar-refractivity contribution in [1.82, 2.24) is 4.90 Å². The molecule has 2 aromatic carbocycles. The van der Waals surface area contributed by atoms with E-state index in [1.165, 1.54) is 5.56 Å². The van der Waals surface area contributed by atoms with Crippen molar-refractivity contribution in [3.63, 3.8) is 0 Å². The lowest BCUT2D eigenvalue weighted by Crippen LogP contribution is -2.30. The van der Waals surface area contributed by atoms with E-state index in [0.29, 0.717) is 31.2 Å². The summed E-state index contributed by atoms with van der Waals surface area (Å²) in [7, 11) is 0. The van der Waals surface area contributed by atoms with Crippen molar-refractivity contribution in [2.75, 3.05) is 18.4 Å². The van der Waals surface area contributed by atoms with Crippen LogP contribution in [0.5, 0.6) is 0 Å². The number of rotatable bonds is 6. The molecule has 0 unspecified atom stereocenters. The molecular weight excluding hydrogens is 312 g/mol. The van der Waals surface area contributed by atoms with Crippen LogP contribution in [0.1, 0.15) is 35.3 Å². The van der Waals surface area contributed by atoms with Crippen LogP contribution < -0.4 is 11.1 Å². The number of nitrogens with zero attached hydrogens (tertiary/aromatic N) is 2. The van der Waals surface area contributed by atoms with Crippen LogP contribution in [-0.2, 0) is 6.54 Å². The number of carbonyl (C=O) groups is 1. The Morgan fingerprint density at radius 1 is 1.04 bits per heavy atom. The SMILES string of the molecule is CCN(CC)C(=O)c1ccc(CN=C(N)Nc2ccc(C)cc2)cc1. The van der Waals surface area contributed by atoms with E-state index in [2.05, 4.69) is 10.3 Å². The Labute approximate surface area is 149 Å². The third-order valence-electron chi connectivity index (χ3n) is 4.01. The summed E-state index contributed by atoms with van der Waals surface area (Å²) in [6.45, 7) is 7.88. The summed E-state index contributed by atoms with van der Waals surface area (Å²) < 4.78 is 0. The van der Waals surface area contributed by atoms with Crippen LogP contribution in [0.4, 0.5) is 5.69 Å². The number of amides is 1. The monoisotopic (exact) mass is 338 g/mol. The summed E-state index contributed by atoms with van der Waals surface area (Å²) in [6.07, 6.45) is 0. The van der Waals surface area contributed by atoms with Crippen molar-refractivity contribution < 1.29 is 4.79 Å². The van der Waals surface area contributed by atoms with E-state index in [9.17, 15) is 4.79 Å². The second-order valence-electron chi connectivity index (χ2n) is 5.87. The fourth-order valence-corrected chi connectivity index (χ4v) is 2.45. The number of hydrogen-bond acceptors (Lipinski definition) is 2. The molecule has 0 aliphatic heterocycles. The number of carbonyl (C=O) groups excluding carboxylic acids is 1. The van der Waals surface area contributed by atoms with Crippen LogP contribution >= 0.6 is 0 Å². The van der Waals surface area contributed by atoms with E-state index in [1.54, 1.807) is 4.90 Å². The van der Waals surface area contributed by atoms with Gasteiger partial charge in [0.05, 0.1) is 6.54 Å². The Morgan fingerprint density at radius 3 is 2.20 bits per heavy atom. The van der Waals surface area contributed by atoms with Crippen LogP contribution in [0, 0.1) is 6.92 Å². The van der Waals surface area contributed by atoms with Gasteiger partial charge in [0.15, 0.2) is 5.96 Å². The number of anilines is 1. The quantitative estimate of drug-likeness (QED) is 0.626. The Kier molecular flexibility index (Phi) is 6.57. The van der Waals surface area contributed by atoms with Gasteiger partial charge >= 0.3 is 0 Å². The van der Waals surface area contributed by atoms with Crippen molar-refractivity contribution in [2.24, 2.45) is 10.7 Å². The van der Waals surface area contributed by atoms with Crippen LogP contribution in [0.2, 0.25) is 0 Å². The topological polar surface area (TPSA) is 70.7 Å². The van der Waals surface area contributed by atoms with Gasteiger partial charge < -0.3 is 16.0 Å². The molecule has 2 aromatic rings. The molecule has 132 valence electrons. The number of guanidine groups is 1. The van der Waals surface area contributed by atoms with Gasteiger partial charge in [-0.15, -0.1) is 0 Å². The first-order valence-electron chi connectivity index (χ1n) is 8.55. The van der Waals surface area contributed by atoms with Crippen LogP contribution in [-0.4, -0.2) is 29.9 Å². The molecule has 5 nitrogen and oxygen atoms in total. The number of hydrogen-bond donors (Lipinski definition) is 2. The molecule has 0 radical (unpaired) electrons. The van der Waals surface area contributed by atoms with Crippen LogP contribution in [0.25, 0.3) is 0 Å². The summed E-state index contributed by atoms with van der Waals surface area (Å²) in [5.74, 6) is 0.424. The molecule has 0 bridgehead atoms. The Hall–Kier alpha value is -2.82. The third-order valence-corrected chi connectivity index (χ3v) is 4.01. The average Bonchev–Trinajstić information content (AvgIpc) is 2.63. The summed E-state index contributed by atoms with van der Waals surface area (Å²) in [5.41, 5.74) is 9.73. The minimum Gasteiger partial charge on any atom is -0.370 e. The number of benzene rings is 2. The molecule has 0 aromatic heterocycles. The van der Waals surface area contributed by atoms with Crippen molar-refractivity contribution >= 4 is 17.6 Å². The van der Waals surface area contributed by atoms with Gasteiger partial charge in [-0.3, -0.25) is 4.79 Å². The molecule has 1 amide bonds. The van der Waals surface area contributed by atoms with Crippen molar-refractivity contribution in [2.45, 2.75) is 27.3 Å². The molecule has 25 heavy (non-hydrogen) atoms. The molecule has 0 heterocycles. The average molecular weight is 338 g/mol. The van der Waals surface area contributed by atoms with Crippen LogP contribution in [0.3, 0.4) is 0 Å². The largest absolute Gasteiger partial charge is 0.370 e. The van der Waals surface area contributed by atoms with E-state index in [1.807, 2.05) is 69.3 Å². The molecule has 5 heteroatoms. The summed E-state index contributed by atoms with van der Waals surface area (Å²) in [4.78, 5) is 18.4.